The van der Waals surface area contributed by atoms with Crippen molar-refractivity contribution in [3.05, 3.63) is 47.7 Å². The number of allylic oxidation sites excluding steroid dienone is 3. The topological polar surface area (TPSA) is 64.4 Å². The summed E-state index contributed by atoms with van der Waals surface area (Å²) in [6, 6.07) is 5.60. The number of aryl methyl sites for hydroxylation is 1. The van der Waals surface area contributed by atoms with Crippen molar-refractivity contribution in [1.82, 2.24) is 0 Å². The molecule has 0 aliphatic heterocycles. The normalized spacial score (nSPS) is 17.4. The van der Waals surface area contributed by atoms with Crippen LogP contribution < -0.4 is 11.5 Å². The van der Waals surface area contributed by atoms with E-state index in [-0.39, 0.29) is 0 Å². The number of nitrogen functional groups attached to an aromatic ring is 1. The second-order valence-electron chi connectivity index (χ2n) is 3.88. The van der Waals surface area contributed by atoms with Crippen molar-refractivity contribution in [3.8, 4) is 0 Å². The summed E-state index contributed by atoms with van der Waals surface area (Å²) in [5.41, 5.74) is 15.4. The Morgan fingerprint density at radius 3 is 2.59 bits per heavy atom. The SMILES string of the molecule is Cc1cc(N)ccc1N=C1C=CC(N)=CC1=S. The van der Waals surface area contributed by atoms with Crippen LogP contribution in [0.5, 0.6) is 0 Å². The third kappa shape index (κ3) is 2.60. The fourth-order valence-electron chi connectivity index (χ4n) is 1.56. The molecule has 2 rings (SSSR count). The first kappa shape index (κ1) is 11.5. The zero-order valence-corrected chi connectivity index (χ0v) is 10.3. The molecule has 4 N–H and O–H groups in total. The van der Waals surface area contributed by atoms with Crippen LogP contribution in [0.1, 0.15) is 5.56 Å². The van der Waals surface area contributed by atoms with E-state index < -0.39 is 0 Å². The molecule has 0 atom stereocenters. The van der Waals surface area contributed by atoms with E-state index >= 15 is 0 Å². The number of nitrogens with two attached hydrogens (primary N) is 2. The molecule has 17 heavy (non-hydrogen) atoms. The Morgan fingerprint density at radius 1 is 1.18 bits per heavy atom. The summed E-state index contributed by atoms with van der Waals surface area (Å²) >= 11 is 5.21. The molecule has 86 valence electrons. The highest BCUT2D eigenvalue weighted by atomic mass is 32.1. The van der Waals surface area contributed by atoms with Gasteiger partial charge in [0.25, 0.3) is 0 Å². The number of rotatable bonds is 1. The second kappa shape index (κ2) is 4.51. The van der Waals surface area contributed by atoms with Crippen molar-refractivity contribution in [2.45, 2.75) is 6.92 Å². The molecule has 0 aromatic heterocycles. The van der Waals surface area contributed by atoms with Crippen molar-refractivity contribution >= 4 is 34.2 Å². The van der Waals surface area contributed by atoms with Crippen LogP contribution in [-0.2, 0) is 0 Å². The summed E-state index contributed by atoms with van der Waals surface area (Å²) < 4.78 is 0. The number of aliphatic imine (C=N–C) groups is 1. The summed E-state index contributed by atoms with van der Waals surface area (Å²) in [5, 5.41) is 0. The van der Waals surface area contributed by atoms with Gasteiger partial charge in [-0.05, 0) is 48.9 Å². The van der Waals surface area contributed by atoms with Crippen LogP contribution in [0.15, 0.2) is 47.1 Å². The number of hydrogen-bond acceptors (Lipinski definition) is 4. The third-order valence-corrected chi connectivity index (χ3v) is 2.77. The molecule has 0 fully saturated rings. The molecule has 0 saturated carbocycles. The Hall–Kier alpha value is -1.94. The second-order valence-corrected chi connectivity index (χ2v) is 4.32. The summed E-state index contributed by atoms with van der Waals surface area (Å²) in [7, 11) is 0. The average molecular weight is 243 g/mol. The van der Waals surface area contributed by atoms with Crippen LogP contribution >= 0.6 is 12.2 Å². The minimum atomic E-state index is 0.654. The lowest BCUT2D eigenvalue weighted by Gasteiger charge is -2.08. The van der Waals surface area contributed by atoms with Gasteiger partial charge in [-0.3, -0.25) is 0 Å². The van der Waals surface area contributed by atoms with Gasteiger partial charge in [-0.1, -0.05) is 12.2 Å². The van der Waals surface area contributed by atoms with Gasteiger partial charge in [-0.25, -0.2) is 4.99 Å². The van der Waals surface area contributed by atoms with Crippen LogP contribution in [0.3, 0.4) is 0 Å². The number of anilines is 1. The Balaban J connectivity index is 2.38. The third-order valence-electron chi connectivity index (χ3n) is 2.45. The van der Waals surface area contributed by atoms with Crippen LogP contribution in [0.4, 0.5) is 11.4 Å². The molecule has 4 heteroatoms. The van der Waals surface area contributed by atoms with Gasteiger partial charge in [0.2, 0.25) is 0 Å². The maximum atomic E-state index is 5.69. The lowest BCUT2D eigenvalue weighted by atomic mass is 10.1. The number of benzene rings is 1. The van der Waals surface area contributed by atoms with Gasteiger partial charge in [0.15, 0.2) is 0 Å². The van der Waals surface area contributed by atoms with Gasteiger partial charge in [-0.2, -0.15) is 0 Å². The molecular weight excluding hydrogens is 230 g/mol. The van der Waals surface area contributed by atoms with E-state index in [0.29, 0.717) is 10.6 Å². The first-order chi connectivity index (χ1) is 8.06. The van der Waals surface area contributed by atoms with Gasteiger partial charge >= 0.3 is 0 Å². The fraction of sp³-hybridized carbons (Fsp3) is 0.0769. The molecule has 0 radical (unpaired) electrons. The van der Waals surface area contributed by atoms with Crippen LogP contribution in [-0.4, -0.2) is 10.6 Å². The Labute approximate surface area is 106 Å². The maximum Gasteiger partial charge on any atom is 0.0819 e. The van der Waals surface area contributed by atoms with Gasteiger partial charge in [-0.15, -0.1) is 0 Å². The van der Waals surface area contributed by atoms with Crippen molar-refractivity contribution in [1.29, 1.82) is 0 Å². The number of hydrogen-bond donors (Lipinski definition) is 2. The molecule has 1 aromatic carbocycles. The highest BCUT2D eigenvalue weighted by molar-refractivity contribution is 7.82. The molecule has 0 saturated heterocycles. The molecule has 1 aliphatic rings. The average Bonchev–Trinajstić information content (AvgIpc) is 2.25. The highest BCUT2D eigenvalue weighted by Crippen LogP contribution is 2.22. The monoisotopic (exact) mass is 243 g/mol. The van der Waals surface area contributed by atoms with Gasteiger partial charge in [0.1, 0.15) is 0 Å². The summed E-state index contributed by atoms with van der Waals surface area (Å²) in [5.74, 6) is 0. The molecular formula is C13H13N3S. The number of nitrogens with zero attached hydrogens (tertiary/aromatic N) is 1. The standard InChI is InChI=1S/C13H13N3S/c1-8-6-9(14)2-4-11(8)16-12-5-3-10(15)7-13(12)17/h2-7H,14-15H2,1H3. The largest absolute Gasteiger partial charge is 0.399 e. The Bertz CT molecular complexity index is 568. The zero-order valence-electron chi connectivity index (χ0n) is 9.47. The Kier molecular flexibility index (Phi) is 3.06. The minimum absolute atomic E-state index is 0.654. The van der Waals surface area contributed by atoms with E-state index in [9.17, 15) is 0 Å². The molecule has 0 bridgehead atoms. The first-order valence-corrected chi connectivity index (χ1v) is 5.61. The summed E-state index contributed by atoms with van der Waals surface area (Å²) in [4.78, 5) is 5.16. The van der Waals surface area contributed by atoms with Crippen LogP contribution in [0.25, 0.3) is 0 Å². The van der Waals surface area contributed by atoms with Crippen molar-refractivity contribution in [2.75, 3.05) is 5.73 Å². The van der Waals surface area contributed by atoms with Gasteiger partial charge < -0.3 is 11.5 Å². The summed E-state index contributed by atoms with van der Waals surface area (Å²) in [6.07, 6.45) is 5.36. The minimum Gasteiger partial charge on any atom is -0.399 e. The van der Waals surface area contributed by atoms with Crippen molar-refractivity contribution in [3.63, 3.8) is 0 Å². The smallest absolute Gasteiger partial charge is 0.0819 e. The van der Waals surface area contributed by atoms with Gasteiger partial charge in [0, 0.05) is 11.4 Å². The predicted octanol–water partition coefficient (Wildman–Crippen LogP) is 2.43. The molecule has 1 aromatic rings. The highest BCUT2D eigenvalue weighted by Gasteiger charge is 2.07. The molecule has 0 unspecified atom stereocenters. The Morgan fingerprint density at radius 2 is 1.94 bits per heavy atom. The zero-order chi connectivity index (χ0) is 12.4. The van der Waals surface area contributed by atoms with E-state index in [1.807, 2.05) is 31.2 Å². The molecule has 0 heterocycles. The van der Waals surface area contributed by atoms with Crippen LogP contribution in [0.2, 0.25) is 0 Å². The van der Waals surface area contributed by atoms with E-state index in [4.69, 9.17) is 23.7 Å². The maximum absolute atomic E-state index is 5.69. The molecule has 0 spiro atoms. The molecule has 3 nitrogen and oxygen atoms in total. The first-order valence-electron chi connectivity index (χ1n) is 5.20. The number of thiocarbonyl (C=S) groups is 1. The van der Waals surface area contributed by atoms with Crippen molar-refractivity contribution in [2.24, 2.45) is 10.7 Å². The fourth-order valence-corrected chi connectivity index (χ4v) is 1.81. The van der Waals surface area contributed by atoms with Crippen molar-refractivity contribution < 1.29 is 0 Å². The predicted molar refractivity (Wildman–Crippen MR) is 76.7 cm³/mol. The molecule has 1 aliphatic carbocycles. The van der Waals surface area contributed by atoms with E-state index in [1.165, 1.54) is 0 Å². The quantitative estimate of drug-likeness (QED) is 0.588. The van der Waals surface area contributed by atoms with E-state index in [1.54, 1.807) is 12.2 Å². The van der Waals surface area contributed by atoms with Gasteiger partial charge in [0.05, 0.1) is 16.3 Å². The van der Waals surface area contributed by atoms with E-state index in [2.05, 4.69) is 4.99 Å². The van der Waals surface area contributed by atoms with Crippen LogP contribution in [0, 0.1) is 6.92 Å². The molecule has 0 amide bonds. The lowest BCUT2D eigenvalue weighted by Crippen LogP contribution is -2.13. The lowest BCUT2D eigenvalue weighted by molar-refractivity contribution is 1.40. The summed E-state index contributed by atoms with van der Waals surface area (Å²) in [6.45, 7) is 1.97. The van der Waals surface area contributed by atoms with E-state index in [0.717, 1.165) is 22.6 Å².